The summed E-state index contributed by atoms with van der Waals surface area (Å²) in [5.41, 5.74) is -2.66. The molecular weight excluding hydrogens is 373 g/mol. The molecule has 0 spiro atoms. The van der Waals surface area contributed by atoms with Gasteiger partial charge in [-0.15, -0.1) is 11.8 Å². The number of carboxylic acid groups (broad SMARTS) is 1. The number of hydrogen-bond donors (Lipinski definition) is 2. The van der Waals surface area contributed by atoms with Gasteiger partial charge in [-0.25, -0.2) is 4.79 Å². The largest absolute Gasteiger partial charge is 0.496 e. The van der Waals surface area contributed by atoms with Gasteiger partial charge in [-0.2, -0.15) is 18.4 Å². The Kier molecular flexibility index (Phi) is 5.62. The Morgan fingerprint density at radius 3 is 2.62 bits per heavy atom. The molecule has 0 aliphatic carbocycles. The standard InChI is InChI=1S/C16H11F3N2O4S/c1-25-12-3-2-8(15(23)24)4-9(12)7-26-14-10(6-20)11(16(17,18)19)5-13(22)21-14/h2-5H,7H2,1H3,(H,21,22)(H,23,24). The number of rotatable bonds is 5. The number of methoxy groups -OCH3 is 1. The van der Waals surface area contributed by atoms with Gasteiger partial charge in [0.25, 0.3) is 0 Å². The van der Waals surface area contributed by atoms with Crippen molar-refractivity contribution in [1.82, 2.24) is 4.98 Å². The van der Waals surface area contributed by atoms with Crippen LogP contribution < -0.4 is 10.3 Å². The highest BCUT2D eigenvalue weighted by atomic mass is 32.2. The van der Waals surface area contributed by atoms with Gasteiger partial charge in [0, 0.05) is 17.4 Å². The molecule has 0 aliphatic heterocycles. The molecule has 0 saturated carbocycles. The maximum absolute atomic E-state index is 13.0. The van der Waals surface area contributed by atoms with Gasteiger partial charge in [0.15, 0.2) is 0 Å². The minimum atomic E-state index is -4.85. The Labute approximate surface area is 149 Å². The second kappa shape index (κ2) is 7.53. The third kappa shape index (κ3) is 4.18. The molecule has 1 aromatic carbocycles. The van der Waals surface area contributed by atoms with E-state index in [1.165, 1.54) is 31.4 Å². The Hall–Kier alpha value is -2.93. The molecule has 26 heavy (non-hydrogen) atoms. The average molecular weight is 384 g/mol. The minimum absolute atomic E-state index is 0.0176. The van der Waals surface area contributed by atoms with Crippen LogP contribution in [0.3, 0.4) is 0 Å². The van der Waals surface area contributed by atoms with Gasteiger partial charge in [-0.1, -0.05) is 0 Å². The minimum Gasteiger partial charge on any atom is -0.496 e. The number of carbonyl (C=O) groups is 1. The van der Waals surface area contributed by atoms with Crippen LogP contribution >= 0.6 is 11.8 Å². The fourth-order valence-corrected chi connectivity index (χ4v) is 3.15. The van der Waals surface area contributed by atoms with Gasteiger partial charge in [0.2, 0.25) is 5.56 Å². The van der Waals surface area contributed by atoms with E-state index in [1.54, 1.807) is 0 Å². The Morgan fingerprint density at radius 2 is 2.08 bits per heavy atom. The molecule has 0 atom stereocenters. The first-order valence-electron chi connectivity index (χ1n) is 6.95. The zero-order chi connectivity index (χ0) is 19.5. The van der Waals surface area contributed by atoms with Gasteiger partial charge in [0.05, 0.1) is 28.8 Å². The Balaban J connectivity index is 2.43. The van der Waals surface area contributed by atoms with Gasteiger partial charge < -0.3 is 14.8 Å². The predicted molar refractivity (Wildman–Crippen MR) is 86.3 cm³/mol. The quantitative estimate of drug-likeness (QED) is 0.767. The van der Waals surface area contributed by atoms with Crippen LogP contribution in [-0.4, -0.2) is 23.2 Å². The number of aromatic nitrogens is 1. The van der Waals surface area contributed by atoms with E-state index >= 15 is 0 Å². The highest BCUT2D eigenvalue weighted by Gasteiger charge is 2.35. The number of H-pyrrole nitrogens is 1. The first-order valence-corrected chi connectivity index (χ1v) is 7.93. The van der Waals surface area contributed by atoms with Crippen LogP contribution in [0.2, 0.25) is 0 Å². The molecule has 2 aromatic rings. The maximum atomic E-state index is 13.0. The molecule has 0 radical (unpaired) electrons. The van der Waals surface area contributed by atoms with E-state index in [9.17, 15) is 22.8 Å². The van der Waals surface area contributed by atoms with Crippen molar-refractivity contribution >= 4 is 17.7 Å². The van der Waals surface area contributed by atoms with E-state index in [2.05, 4.69) is 4.98 Å². The van der Waals surface area contributed by atoms with Crippen LogP contribution in [0.5, 0.6) is 5.75 Å². The number of nitrogens with zero attached hydrogens (tertiary/aromatic N) is 1. The maximum Gasteiger partial charge on any atom is 0.417 e. The van der Waals surface area contributed by atoms with E-state index < -0.39 is 28.8 Å². The average Bonchev–Trinajstić information content (AvgIpc) is 2.58. The number of hydrogen-bond acceptors (Lipinski definition) is 5. The van der Waals surface area contributed by atoms with Crippen molar-refractivity contribution in [1.29, 1.82) is 5.26 Å². The monoisotopic (exact) mass is 384 g/mol. The van der Waals surface area contributed by atoms with Crippen molar-refractivity contribution in [3.8, 4) is 11.8 Å². The number of carboxylic acids is 1. The third-order valence-electron chi connectivity index (χ3n) is 3.33. The van der Waals surface area contributed by atoms with E-state index in [0.29, 0.717) is 17.4 Å². The van der Waals surface area contributed by atoms with E-state index in [1.807, 2.05) is 0 Å². The fraction of sp³-hybridized carbons (Fsp3) is 0.188. The fourth-order valence-electron chi connectivity index (χ4n) is 2.15. The summed E-state index contributed by atoms with van der Waals surface area (Å²) in [5, 5.41) is 17.9. The second-order valence-corrected chi connectivity index (χ2v) is 5.97. The van der Waals surface area contributed by atoms with E-state index in [0.717, 1.165) is 11.8 Å². The summed E-state index contributed by atoms with van der Waals surface area (Å²) in [7, 11) is 1.36. The molecule has 0 amide bonds. The number of nitriles is 1. The number of pyridine rings is 1. The molecule has 0 unspecified atom stereocenters. The molecule has 0 aliphatic rings. The van der Waals surface area contributed by atoms with E-state index in [-0.39, 0.29) is 16.3 Å². The molecule has 6 nitrogen and oxygen atoms in total. The molecule has 136 valence electrons. The van der Waals surface area contributed by atoms with Crippen molar-refractivity contribution in [3.63, 3.8) is 0 Å². The van der Waals surface area contributed by atoms with Crippen LogP contribution in [0.1, 0.15) is 27.0 Å². The zero-order valence-electron chi connectivity index (χ0n) is 13.2. The number of aromatic carboxylic acids is 1. The lowest BCUT2D eigenvalue weighted by atomic mass is 10.1. The molecule has 10 heteroatoms. The lowest BCUT2D eigenvalue weighted by Crippen LogP contribution is -2.17. The van der Waals surface area contributed by atoms with Crippen molar-refractivity contribution in [2.75, 3.05) is 7.11 Å². The number of alkyl halides is 3. The normalized spacial score (nSPS) is 11.0. The molecule has 1 aromatic heterocycles. The summed E-state index contributed by atoms with van der Waals surface area (Å²) >= 11 is 0.768. The molecule has 0 fully saturated rings. The summed E-state index contributed by atoms with van der Waals surface area (Å²) in [6, 6.07) is 5.83. The molecule has 0 saturated heterocycles. The molecule has 1 heterocycles. The number of halogens is 3. The van der Waals surface area contributed by atoms with Crippen LogP contribution in [0, 0.1) is 11.3 Å². The van der Waals surface area contributed by atoms with Crippen LogP contribution in [-0.2, 0) is 11.9 Å². The topological polar surface area (TPSA) is 103 Å². The lowest BCUT2D eigenvalue weighted by Gasteiger charge is -2.13. The van der Waals surface area contributed by atoms with Crippen LogP contribution in [0.25, 0.3) is 0 Å². The summed E-state index contributed by atoms with van der Waals surface area (Å²) in [6.07, 6.45) is -4.85. The molecule has 0 bridgehead atoms. The van der Waals surface area contributed by atoms with Crippen molar-refractivity contribution in [2.45, 2.75) is 17.0 Å². The molecule has 2 N–H and O–H groups in total. The van der Waals surface area contributed by atoms with Crippen molar-refractivity contribution < 1.29 is 27.8 Å². The lowest BCUT2D eigenvalue weighted by molar-refractivity contribution is -0.138. The van der Waals surface area contributed by atoms with Gasteiger partial charge in [0.1, 0.15) is 11.8 Å². The predicted octanol–water partition coefficient (Wildman–Crippen LogP) is 3.26. The first-order chi connectivity index (χ1) is 12.2. The van der Waals surface area contributed by atoms with E-state index in [4.69, 9.17) is 15.1 Å². The SMILES string of the molecule is COc1ccc(C(=O)O)cc1CSc1[nH]c(=O)cc(C(F)(F)F)c1C#N. The van der Waals surface area contributed by atoms with Gasteiger partial charge >= 0.3 is 12.1 Å². The number of nitrogens with one attached hydrogen (secondary N) is 1. The first kappa shape index (κ1) is 19.4. The molecule has 2 rings (SSSR count). The Morgan fingerprint density at radius 1 is 1.38 bits per heavy atom. The smallest absolute Gasteiger partial charge is 0.417 e. The highest BCUT2D eigenvalue weighted by molar-refractivity contribution is 7.98. The van der Waals surface area contributed by atoms with Gasteiger partial charge in [-0.05, 0) is 18.2 Å². The number of ether oxygens (including phenoxy) is 1. The zero-order valence-corrected chi connectivity index (χ0v) is 14.0. The number of thioether (sulfide) groups is 1. The van der Waals surface area contributed by atoms with Crippen molar-refractivity contribution in [3.05, 3.63) is 56.9 Å². The summed E-state index contributed by atoms with van der Waals surface area (Å²) in [5.74, 6) is -0.865. The van der Waals surface area contributed by atoms with Crippen molar-refractivity contribution in [2.24, 2.45) is 0 Å². The summed E-state index contributed by atoms with van der Waals surface area (Å²) in [6.45, 7) is 0. The second-order valence-electron chi connectivity index (χ2n) is 4.98. The number of aromatic amines is 1. The molecular formula is C16H11F3N2O4S. The third-order valence-corrected chi connectivity index (χ3v) is 4.38. The summed E-state index contributed by atoms with van der Waals surface area (Å²) < 4.78 is 44.2. The summed E-state index contributed by atoms with van der Waals surface area (Å²) in [4.78, 5) is 24.8. The highest BCUT2D eigenvalue weighted by Crippen LogP contribution is 2.35. The Bertz CT molecular complexity index is 948. The van der Waals surface area contributed by atoms with Gasteiger partial charge in [-0.3, -0.25) is 4.79 Å². The van der Waals surface area contributed by atoms with Crippen LogP contribution in [0.4, 0.5) is 13.2 Å². The van der Waals surface area contributed by atoms with Crippen LogP contribution in [0.15, 0.2) is 34.1 Å². The number of benzene rings is 1.